The molecule has 0 radical (unpaired) electrons. The summed E-state index contributed by atoms with van der Waals surface area (Å²) in [4.78, 5) is 6.40. The van der Waals surface area contributed by atoms with Gasteiger partial charge < -0.3 is 10.2 Å². The first-order valence-corrected chi connectivity index (χ1v) is 9.27. The summed E-state index contributed by atoms with van der Waals surface area (Å²) >= 11 is 0. The molecule has 9 heteroatoms. The summed E-state index contributed by atoms with van der Waals surface area (Å²) in [6.45, 7) is 4.11. The highest BCUT2D eigenvalue weighted by atomic mass is 32.2. The number of hydrogen-bond acceptors (Lipinski definition) is 7. The second kappa shape index (κ2) is 7.58. The Morgan fingerprint density at radius 1 is 1.33 bits per heavy atom. The van der Waals surface area contributed by atoms with Crippen LogP contribution in [0.5, 0.6) is 0 Å². The largest absolute Gasteiger partial charge is 0.353 e. The Hall–Kier alpha value is -1.52. The highest BCUT2D eigenvalue weighted by Crippen LogP contribution is 2.19. The fourth-order valence-electron chi connectivity index (χ4n) is 2.31. The van der Waals surface area contributed by atoms with E-state index in [0.29, 0.717) is 19.0 Å². The molecule has 8 nitrogen and oxygen atoms in total. The number of aryl methyl sites for hydroxylation is 1. The number of nitrogens with two attached hydrogens (primary N) is 1. The van der Waals surface area contributed by atoms with Crippen LogP contribution in [-0.2, 0) is 14.4 Å². The molecule has 1 aromatic rings. The molecular weight excluding hydrogens is 330 g/mol. The molecular formula is C15H26N5O3S+. The molecule has 1 atom stereocenters. The summed E-state index contributed by atoms with van der Waals surface area (Å²) < 4.78 is 29.5. The van der Waals surface area contributed by atoms with Gasteiger partial charge in [-0.15, -0.1) is 5.84 Å². The number of nitrogens with one attached hydrogen (secondary N) is 1. The number of benzene rings is 1. The molecule has 0 amide bonds. The van der Waals surface area contributed by atoms with Gasteiger partial charge in [-0.1, -0.05) is 17.7 Å². The summed E-state index contributed by atoms with van der Waals surface area (Å²) in [6, 6.07) is 6.45. The van der Waals surface area contributed by atoms with Gasteiger partial charge in [-0.05, 0) is 55.2 Å². The van der Waals surface area contributed by atoms with Gasteiger partial charge in [0.25, 0.3) is 0 Å². The van der Waals surface area contributed by atoms with Crippen LogP contribution in [0.4, 0.5) is 0 Å². The molecule has 1 aliphatic heterocycles. The van der Waals surface area contributed by atoms with Crippen molar-refractivity contribution in [3.63, 3.8) is 0 Å². The summed E-state index contributed by atoms with van der Waals surface area (Å²) in [5.41, 5.74) is 0.969. The van der Waals surface area contributed by atoms with E-state index in [9.17, 15) is 8.42 Å². The molecule has 1 aromatic carbocycles. The lowest BCUT2D eigenvalue weighted by atomic mass is 10.2. The van der Waals surface area contributed by atoms with Crippen LogP contribution in [-0.4, -0.2) is 64.3 Å². The Balaban J connectivity index is 2.03. The molecule has 1 unspecified atom stereocenters. The van der Waals surface area contributed by atoms with Crippen molar-refractivity contribution in [2.75, 3.05) is 40.3 Å². The van der Waals surface area contributed by atoms with Crippen molar-refractivity contribution in [1.29, 1.82) is 0 Å². The third-order valence-corrected chi connectivity index (χ3v) is 4.97. The van der Waals surface area contributed by atoms with Crippen molar-refractivity contribution >= 4 is 16.1 Å². The van der Waals surface area contributed by atoms with Crippen LogP contribution in [0.25, 0.3) is 0 Å². The monoisotopic (exact) mass is 356 g/mol. The average Bonchev–Trinajstić information content (AvgIpc) is 2.83. The number of hydrogen-bond donors (Lipinski definition) is 2. The zero-order valence-corrected chi connectivity index (χ0v) is 15.2. The maximum absolute atomic E-state index is 12.5. The predicted molar refractivity (Wildman–Crippen MR) is 92.2 cm³/mol. The molecule has 0 saturated carbocycles. The van der Waals surface area contributed by atoms with Crippen molar-refractivity contribution in [1.82, 2.24) is 10.2 Å². The lowest BCUT2D eigenvalue weighted by molar-refractivity contribution is -1.01. The molecule has 0 aromatic heterocycles. The van der Waals surface area contributed by atoms with Gasteiger partial charge in [0.15, 0.2) is 6.54 Å². The highest BCUT2D eigenvalue weighted by Gasteiger charge is 2.43. The highest BCUT2D eigenvalue weighted by molar-refractivity contribution is 7.86. The van der Waals surface area contributed by atoms with E-state index in [1.807, 2.05) is 21.0 Å². The summed E-state index contributed by atoms with van der Waals surface area (Å²) in [5.74, 6) is 6.47. The minimum Gasteiger partial charge on any atom is -0.320 e. The molecule has 134 valence electrons. The third-order valence-electron chi connectivity index (χ3n) is 3.66. The number of guanidine groups is 1. The first-order chi connectivity index (χ1) is 11.2. The maximum Gasteiger partial charge on any atom is 0.353 e. The zero-order valence-electron chi connectivity index (χ0n) is 14.4. The van der Waals surface area contributed by atoms with Gasteiger partial charge in [0.2, 0.25) is 0 Å². The topological polar surface area (TPSA) is 97.0 Å². The fourth-order valence-corrected chi connectivity index (χ4v) is 3.36. The lowest BCUT2D eigenvalue weighted by Crippen LogP contribution is -2.61. The number of aliphatic imine (C=N–C) groups is 1. The molecule has 0 spiro atoms. The van der Waals surface area contributed by atoms with Crippen LogP contribution in [0.3, 0.4) is 0 Å². The van der Waals surface area contributed by atoms with Crippen molar-refractivity contribution in [2.24, 2.45) is 10.8 Å². The van der Waals surface area contributed by atoms with Crippen LogP contribution in [0.2, 0.25) is 0 Å². The number of hydroxylamine groups is 2. The smallest absolute Gasteiger partial charge is 0.320 e. The van der Waals surface area contributed by atoms with Gasteiger partial charge >= 0.3 is 16.1 Å². The third kappa shape index (κ3) is 4.74. The Kier molecular flexibility index (Phi) is 5.94. The van der Waals surface area contributed by atoms with E-state index in [-0.39, 0.29) is 11.4 Å². The normalized spacial score (nSPS) is 21.1. The molecule has 0 aliphatic carbocycles. The number of quaternary nitrogens is 1. The van der Waals surface area contributed by atoms with E-state index in [1.165, 1.54) is 12.1 Å². The molecule has 24 heavy (non-hydrogen) atoms. The van der Waals surface area contributed by atoms with Crippen LogP contribution in [0, 0.1) is 6.92 Å². The minimum atomic E-state index is -3.98. The van der Waals surface area contributed by atoms with E-state index in [4.69, 9.17) is 10.1 Å². The number of rotatable bonds is 7. The van der Waals surface area contributed by atoms with E-state index >= 15 is 0 Å². The van der Waals surface area contributed by atoms with Gasteiger partial charge in [0.1, 0.15) is 6.54 Å². The molecule has 3 N–H and O–H groups in total. The Labute approximate surface area is 143 Å². The van der Waals surface area contributed by atoms with Crippen molar-refractivity contribution < 1.29 is 17.5 Å². The van der Waals surface area contributed by atoms with Crippen molar-refractivity contribution in [3.8, 4) is 0 Å². The van der Waals surface area contributed by atoms with Crippen LogP contribution < -0.4 is 11.2 Å². The van der Waals surface area contributed by atoms with Crippen molar-refractivity contribution in [2.45, 2.75) is 18.2 Å². The molecule has 2 rings (SSSR count). The Morgan fingerprint density at radius 2 is 2.00 bits per heavy atom. The van der Waals surface area contributed by atoms with Crippen LogP contribution in [0.15, 0.2) is 34.2 Å². The maximum atomic E-state index is 12.5. The summed E-state index contributed by atoms with van der Waals surface area (Å²) in [7, 11) is 0.00967. The summed E-state index contributed by atoms with van der Waals surface area (Å²) in [6.07, 6.45) is 0.886. The minimum absolute atomic E-state index is 0.0786. The standard InChI is InChI=1S/C15H26N5O3S/c1-13-5-7-14(8-6-13)24(21,22)23-20(16)12-10-18-15(20)17-9-4-11-19(2)3/h5-8H,4,9-12,16H2,1-3H3,(H,17,18)/q+1. The molecule has 0 saturated heterocycles. The van der Waals surface area contributed by atoms with Gasteiger partial charge in [0, 0.05) is 6.54 Å². The van der Waals surface area contributed by atoms with E-state index in [1.54, 1.807) is 12.1 Å². The lowest BCUT2D eigenvalue weighted by Gasteiger charge is -2.24. The van der Waals surface area contributed by atoms with E-state index in [0.717, 1.165) is 18.5 Å². The predicted octanol–water partition coefficient (Wildman–Crippen LogP) is 0.217. The SMILES string of the molecule is Cc1ccc(S(=O)(=O)O[N+]2(N)CCN=C2NCCCN(C)C)cc1. The average molecular weight is 356 g/mol. The van der Waals surface area contributed by atoms with Gasteiger partial charge in [-0.2, -0.15) is 8.42 Å². The van der Waals surface area contributed by atoms with Crippen LogP contribution in [0.1, 0.15) is 12.0 Å². The second-order valence-electron chi connectivity index (χ2n) is 6.15. The van der Waals surface area contributed by atoms with E-state index in [2.05, 4.69) is 15.2 Å². The second-order valence-corrected chi connectivity index (χ2v) is 7.68. The molecule has 0 bridgehead atoms. The van der Waals surface area contributed by atoms with Gasteiger partial charge in [0.05, 0.1) is 4.90 Å². The Bertz CT molecular complexity index is 688. The fraction of sp³-hybridized carbons (Fsp3) is 0.533. The Morgan fingerprint density at radius 3 is 2.62 bits per heavy atom. The van der Waals surface area contributed by atoms with Crippen molar-refractivity contribution in [3.05, 3.63) is 29.8 Å². The van der Waals surface area contributed by atoms with Gasteiger partial charge in [-0.25, -0.2) is 4.99 Å². The molecule has 0 fully saturated rings. The first-order valence-electron chi connectivity index (χ1n) is 7.86. The summed E-state index contributed by atoms with van der Waals surface area (Å²) in [5, 5.41) is 3.09. The zero-order chi connectivity index (χ0) is 17.8. The van der Waals surface area contributed by atoms with E-state index < -0.39 is 14.9 Å². The molecule has 1 heterocycles. The number of nitrogens with zero attached hydrogens (tertiary/aromatic N) is 3. The van der Waals surface area contributed by atoms with Crippen LogP contribution >= 0.6 is 0 Å². The quantitative estimate of drug-likeness (QED) is 0.412. The first kappa shape index (κ1) is 18.8. The molecule has 1 aliphatic rings. The van der Waals surface area contributed by atoms with Gasteiger partial charge in [-0.3, -0.25) is 0 Å².